The van der Waals surface area contributed by atoms with E-state index in [-0.39, 0.29) is 24.8 Å². The van der Waals surface area contributed by atoms with Crippen LogP contribution in [-0.4, -0.2) is 54.0 Å². The lowest BCUT2D eigenvalue weighted by molar-refractivity contribution is 0.0320. The number of halogens is 2. The van der Waals surface area contributed by atoms with Gasteiger partial charge in [0.05, 0.1) is 18.7 Å². The van der Waals surface area contributed by atoms with E-state index in [4.69, 9.17) is 15.2 Å². The average Bonchev–Trinajstić information content (AvgIpc) is 2.78. The summed E-state index contributed by atoms with van der Waals surface area (Å²) in [7, 11) is 0. The highest BCUT2D eigenvalue weighted by Gasteiger charge is 2.12. The number of nitrogens with zero attached hydrogens (tertiary/aromatic N) is 3. The number of rotatable bonds is 4. The maximum Gasteiger partial charge on any atom is 0.257 e. The predicted molar refractivity (Wildman–Crippen MR) is 86.9 cm³/mol. The number of aromatic nitrogens is 2. The van der Waals surface area contributed by atoms with Crippen molar-refractivity contribution in [3.63, 3.8) is 0 Å². The Kier molecular flexibility index (Phi) is 7.04. The molecule has 1 aliphatic rings. The van der Waals surface area contributed by atoms with E-state index in [0.717, 1.165) is 38.4 Å². The Morgan fingerprint density at radius 2 is 2.00 bits per heavy atom. The Labute approximate surface area is 136 Å². The fraction of sp³-hybridized carbons (Fsp3) is 0.462. The largest absolute Gasteiger partial charge is 0.474 e. The Bertz CT molecular complexity index is 558. The van der Waals surface area contributed by atoms with Crippen molar-refractivity contribution >= 4 is 36.0 Å². The van der Waals surface area contributed by atoms with E-state index >= 15 is 0 Å². The highest BCUT2D eigenvalue weighted by Crippen LogP contribution is 2.24. The van der Waals surface area contributed by atoms with Crippen LogP contribution in [0.5, 0.6) is 5.88 Å². The molecule has 21 heavy (non-hydrogen) atoms. The van der Waals surface area contributed by atoms with Gasteiger partial charge in [-0.1, -0.05) is 6.07 Å². The Morgan fingerprint density at radius 1 is 1.24 bits per heavy atom. The van der Waals surface area contributed by atoms with Crippen LogP contribution in [0.1, 0.15) is 0 Å². The average molecular weight is 335 g/mol. The van der Waals surface area contributed by atoms with Crippen molar-refractivity contribution in [3.8, 4) is 5.88 Å². The van der Waals surface area contributed by atoms with Crippen molar-refractivity contribution in [2.75, 3.05) is 45.2 Å². The molecule has 118 valence electrons. The van der Waals surface area contributed by atoms with E-state index < -0.39 is 0 Å². The van der Waals surface area contributed by atoms with Gasteiger partial charge in [0.15, 0.2) is 0 Å². The fourth-order valence-electron chi connectivity index (χ4n) is 2.20. The monoisotopic (exact) mass is 334 g/mol. The Balaban J connectivity index is 0.00000110. The SMILES string of the molecule is Cl.Cl.Nc1c(OCCN2CCOCC2)nn2ccccc12. The molecule has 0 aromatic carbocycles. The van der Waals surface area contributed by atoms with Crippen molar-refractivity contribution in [1.82, 2.24) is 14.5 Å². The molecule has 0 saturated carbocycles. The molecule has 2 N–H and O–H groups in total. The van der Waals surface area contributed by atoms with Crippen molar-refractivity contribution in [2.24, 2.45) is 0 Å². The zero-order valence-electron chi connectivity index (χ0n) is 11.6. The van der Waals surface area contributed by atoms with E-state index in [0.29, 0.717) is 18.2 Å². The number of nitrogen functional groups attached to an aromatic ring is 1. The predicted octanol–water partition coefficient (Wildman–Crippen LogP) is 1.47. The molecule has 3 rings (SSSR count). The van der Waals surface area contributed by atoms with Crippen molar-refractivity contribution in [2.45, 2.75) is 0 Å². The molecule has 6 nitrogen and oxygen atoms in total. The summed E-state index contributed by atoms with van der Waals surface area (Å²) in [6.45, 7) is 4.99. The number of fused-ring (bicyclic) bond motifs is 1. The summed E-state index contributed by atoms with van der Waals surface area (Å²) in [4.78, 5) is 2.31. The summed E-state index contributed by atoms with van der Waals surface area (Å²) in [5, 5.41) is 4.32. The zero-order valence-corrected chi connectivity index (χ0v) is 13.2. The number of morpholine rings is 1. The Morgan fingerprint density at radius 3 is 2.71 bits per heavy atom. The summed E-state index contributed by atoms with van der Waals surface area (Å²) in [5.41, 5.74) is 7.49. The molecule has 0 spiro atoms. The molecular formula is C13H20Cl2N4O2. The first-order chi connectivity index (χ1) is 9.34. The molecule has 0 unspecified atom stereocenters. The first-order valence-electron chi connectivity index (χ1n) is 6.50. The minimum absolute atomic E-state index is 0. The lowest BCUT2D eigenvalue weighted by Gasteiger charge is -2.26. The second-order valence-electron chi connectivity index (χ2n) is 4.55. The highest BCUT2D eigenvalue weighted by atomic mass is 35.5. The van der Waals surface area contributed by atoms with E-state index in [9.17, 15) is 0 Å². The van der Waals surface area contributed by atoms with Crippen LogP contribution in [0.2, 0.25) is 0 Å². The molecule has 2 aromatic rings. The molecule has 2 aromatic heterocycles. The number of nitrogens with two attached hydrogens (primary N) is 1. The molecule has 1 saturated heterocycles. The van der Waals surface area contributed by atoms with Gasteiger partial charge >= 0.3 is 0 Å². The second-order valence-corrected chi connectivity index (χ2v) is 4.55. The summed E-state index contributed by atoms with van der Waals surface area (Å²) in [6, 6.07) is 5.78. The van der Waals surface area contributed by atoms with E-state index in [2.05, 4.69) is 10.00 Å². The van der Waals surface area contributed by atoms with Gasteiger partial charge in [0.2, 0.25) is 0 Å². The van der Waals surface area contributed by atoms with Gasteiger partial charge in [0.1, 0.15) is 12.3 Å². The van der Waals surface area contributed by atoms with E-state index in [1.54, 1.807) is 4.52 Å². The third kappa shape index (κ3) is 4.14. The van der Waals surface area contributed by atoms with Gasteiger partial charge in [-0.05, 0) is 12.1 Å². The first-order valence-corrected chi connectivity index (χ1v) is 6.50. The molecule has 0 atom stereocenters. The van der Waals surface area contributed by atoms with Crippen LogP contribution in [0.15, 0.2) is 24.4 Å². The van der Waals surface area contributed by atoms with Crippen LogP contribution in [0.4, 0.5) is 5.69 Å². The standard InChI is InChI=1S/C13H18N4O2.2ClH/c14-12-11-3-1-2-4-17(11)15-13(12)19-10-7-16-5-8-18-9-6-16;;/h1-4H,5-10,14H2;2*1H. The van der Waals surface area contributed by atoms with Gasteiger partial charge in [0.25, 0.3) is 5.88 Å². The van der Waals surface area contributed by atoms with Crippen LogP contribution in [0.25, 0.3) is 5.52 Å². The third-order valence-corrected chi connectivity index (χ3v) is 3.29. The summed E-state index contributed by atoms with van der Waals surface area (Å²) < 4.78 is 12.7. The normalized spacial score (nSPS) is 15.2. The van der Waals surface area contributed by atoms with Crippen LogP contribution in [-0.2, 0) is 4.74 Å². The molecule has 1 aliphatic heterocycles. The Hall–Kier alpha value is -1.21. The van der Waals surface area contributed by atoms with Crippen LogP contribution >= 0.6 is 24.8 Å². The van der Waals surface area contributed by atoms with E-state index in [1.165, 1.54) is 0 Å². The van der Waals surface area contributed by atoms with Crippen LogP contribution in [0.3, 0.4) is 0 Å². The topological polar surface area (TPSA) is 65.0 Å². The third-order valence-electron chi connectivity index (χ3n) is 3.29. The first kappa shape index (κ1) is 17.8. The van der Waals surface area contributed by atoms with Gasteiger partial charge in [-0.3, -0.25) is 4.90 Å². The summed E-state index contributed by atoms with van der Waals surface area (Å²) >= 11 is 0. The van der Waals surface area contributed by atoms with Crippen molar-refractivity contribution in [3.05, 3.63) is 24.4 Å². The molecule has 0 amide bonds. The van der Waals surface area contributed by atoms with Crippen molar-refractivity contribution in [1.29, 1.82) is 0 Å². The molecule has 0 bridgehead atoms. The molecule has 3 heterocycles. The quantitative estimate of drug-likeness (QED) is 0.917. The lowest BCUT2D eigenvalue weighted by atomic mass is 10.4. The molecular weight excluding hydrogens is 315 g/mol. The summed E-state index contributed by atoms with van der Waals surface area (Å²) in [6.07, 6.45) is 1.86. The van der Waals surface area contributed by atoms with Gasteiger partial charge in [-0.2, -0.15) is 0 Å². The van der Waals surface area contributed by atoms with Gasteiger partial charge in [-0.25, -0.2) is 4.52 Å². The number of ether oxygens (including phenoxy) is 2. The molecule has 0 aliphatic carbocycles. The molecule has 8 heteroatoms. The maximum atomic E-state index is 6.02. The molecule has 1 fully saturated rings. The van der Waals surface area contributed by atoms with Crippen molar-refractivity contribution < 1.29 is 9.47 Å². The maximum absolute atomic E-state index is 6.02. The number of anilines is 1. The highest BCUT2D eigenvalue weighted by molar-refractivity contribution is 5.85. The van der Waals surface area contributed by atoms with Gasteiger partial charge in [0, 0.05) is 25.8 Å². The zero-order chi connectivity index (χ0) is 13.1. The lowest BCUT2D eigenvalue weighted by Crippen LogP contribution is -2.38. The van der Waals surface area contributed by atoms with Gasteiger partial charge < -0.3 is 15.2 Å². The van der Waals surface area contributed by atoms with Crippen LogP contribution < -0.4 is 10.5 Å². The minimum atomic E-state index is 0. The number of hydrogen-bond donors (Lipinski definition) is 1. The van der Waals surface area contributed by atoms with Gasteiger partial charge in [-0.15, -0.1) is 29.9 Å². The van der Waals surface area contributed by atoms with E-state index in [1.807, 2.05) is 24.4 Å². The second kappa shape index (κ2) is 8.29. The minimum Gasteiger partial charge on any atom is -0.474 e. The smallest absolute Gasteiger partial charge is 0.257 e. The number of pyridine rings is 1. The molecule has 0 radical (unpaired) electrons. The number of hydrogen-bond acceptors (Lipinski definition) is 5. The van der Waals surface area contributed by atoms with Crippen LogP contribution in [0, 0.1) is 0 Å². The fourth-order valence-corrected chi connectivity index (χ4v) is 2.20. The summed E-state index contributed by atoms with van der Waals surface area (Å²) in [5.74, 6) is 0.513.